The molecule has 54 valence electrons. The van der Waals surface area contributed by atoms with Crippen LogP contribution in [0.3, 0.4) is 0 Å². The first-order valence-corrected chi connectivity index (χ1v) is 2.65. The maximum atomic E-state index is 10.3. The number of hydrogen-bond acceptors (Lipinski definition) is 3. The molecule has 10 heavy (non-hydrogen) atoms. The normalized spacial score (nSPS) is 8.60. The molecule has 0 bridgehead atoms. The smallest absolute Gasteiger partial charge is 0.331 e. The standard InChI is InChI=1S/C7H8O3/c1-10-7(9)5-3-2-4-6-8/h3,5,8H,6H2,1H3/b5-3+. The fourth-order valence-corrected chi connectivity index (χ4v) is 0.282. The Kier molecular flexibility index (Phi) is 5.12. The molecule has 3 nitrogen and oxygen atoms in total. The van der Waals surface area contributed by atoms with Crippen molar-refractivity contribution in [1.29, 1.82) is 0 Å². The van der Waals surface area contributed by atoms with Gasteiger partial charge >= 0.3 is 5.97 Å². The lowest BCUT2D eigenvalue weighted by molar-refractivity contribution is -0.134. The quantitative estimate of drug-likeness (QED) is 0.309. The minimum atomic E-state index is -0.452. The van der Waals surface area contributed by atoms with Gasteiger partial charge in [-0.25, -0.2) is 4.79 Å². The summed E-state index contributed by atoms with van der Waals surface area (Å²) in [7, 11) is 1.28. The molecule has 0 heterocycles. The predicted molar refractivity (Wildman–Crippen MR) is 36.0 cm³/mol. The molecular formula is C7H8O3. The maximum absolute atomic E-state index is 10.3. The van der Waals surface area contributed by atoms with E-state index in [1.54, 1.807) is 0 Å². The second-order valence-corrected chi connectivity index (χ2v) is 1.34. The molecule has 0 amide bonds. The van der Waals surface area contributed by atoms with E-state index in [0.717, 1.165) is 0 Å². The molecule has 0 atom stereocenters. The lowest BCUT2D eigenvalue weighted by Gasteiger charge is -1.84. The Hall–Kier alpha value is -1.27. The van der Waals surface area contributed by atoms with Crippen LogP contribution >= 0.6 is 0 Å². The van der Waals surface area contributed by atoms with Gasteiger partial charge in [0.15, 0.2) is 0 Å². The molecule has 0 aliphatic heterocycles. The SMILES string of the molecule is COC(=O)/C=C/C#CCO. The van der Waals surface area contributed by atoms with Gasteiger partial charge < -0.3 is 9.84 Å². The van der Waals surface area contributed by atoms with Crippen molar-refractivity contribution in [3.8, 4) is 11.8 Å². The van der Waals surface area contributed by atoms with Crippen molar-refractivity contribution in [2.45, 2.75) is 0 Å². The Morgan fingerprint density at radius 1 is 1.80 bits per heavy atom. The van der Waals surface area contributed by atoms with Gasteiger partial charge in [-0.3, -0.25) is 0 Å². The van der Waals surface area contributed by atoms with Gasteiger partial charge in [-0.05, 0) is 6.08 Å². The number of methoxy groups -OCH3 is 1. The average Bonchev–Trinajstić information content (AvgIpc) is 1.98. The monoisotopic (exact) mass is 140 g/mol. The van der Waals surface area contributed by atoms with Crippen LogP contribution in [0.25, 0.3) is 0 Å². The molecule has 0 aromatic carbocycles. The van der Waals surface area contributed by atoms with Crippen LogP contribution in [-0.2, 0) is 9.53 Å². The Morgan fingerprint density at radius 3 is 3.00 bits per heavy atom. The molecule has 0 radical (unpaired) electrons. The lowest BCUT2D eigenvalue weighted by Crippen LogP contribution is -1.92. The fraction of sp³-hybridized carbons (Fsp3) is 0.286. The zero-order valence-electron chi connectivity index (χ0n) is 5.63. The highest BCUT2D eigenvalue weighted by atomic mass is 16.5. The van der Waals surface area contributed by atoms with Gasteiger partial charge in [0.1, 0.15) is 6.61 Å². The third-order valence-corrected chi connectivity index (χ3v) is 0.685. The summed E-state index contributed by atoms with van der Waals surface area (Å²) in [6.07, 6.45) is 2.50. The Balaban J connectivity index is 3.65. The van der Waals surface area contributed by atoms with Crippen molar-refractivity contribution < 1.29 is 14.6 Å². The molecule has 0 saturated carbocycles. The van der Waals surface area contributed by atoms with E-state index in [9.17, 15) is 4.79 Å². The van der Waals surface area contributed by atoms with Gasteiger partial charge in [-0.2, -0.15) is 0 Å². The summed E-state index contributed by atoms with van der Waals surface area (Å²) < 4.78 is 4.27. The van der Waals surface area contributed by atoms with Gasteiger partial charge in [-0.1, -0.05) is 11.8 Å². The van der Waals surface area contributed by atoms with Crippen LogP contribution in [0.1, 0.15) is 0 Å². The molecule has 0 aromatic heterocycles. The summed E-state index contributed by atoms with van der Waals surface area (Å²) in [5, 5.41) is 8.17. The van der Waals surface area contributed by atoms with Crippen molar-refractivity contribution >= 4 is 5.97 Å². The number of ether oxygens (including phenoxy) is 1. The Labute approximate surface area is 59.3 Å². The summed E-state index contributed by atoms with van der Waals surface area (Å²) in [5.74, 6) is 4.31. The van der Waals surface area contributed by atoms with E-state index in [0.29, 0.717) is 0 Å². The van der Waals surface area contributed by atoms with Crippen LogP contribution in [0.15, 0.2) is 12.2 Å². The predicted octanol–water partition coefficient (Wildman–Crippen LogP) is -0.289. The highest BCUT2D eigenvalue weighted by Crippen LogP contribution is 1.75. The number of rotatable bonds is 1. The summed E-state index contributed by atoms with van der Waals surface area (Å²) in [6.45, 7) is -0.203. The topological polar surface area (TPSA) is 46.5 Å². The lowest BCUT2D eigenvalue weighted by atomic mass is 10.5. The molecule has 0 aliphatic rings. The molecular weight excluding hydrogens is 132 g/mol. The van der Waals surface area contributed by atoms with Gasteiger partial charge in [-0.15, -0.1) is 0 Å². The van der Waals surface area contributed by atoms with Crippen molar-refractivity contribution in [3.05, 3.63) is 12.2 Å². The summed E-state index contributed by atoms with van der Waals surface area (Å²) in [4.78, 5) is 10.3. The summed E-state index contributed by atoms with van der Waals surface area (Å²) in [5.41, 5.74) is 0. The minimum absolute atomic E-state index is 0.203. The van der Waals surface area contributed by atoms with E-state index in [-0.39, 0.29) is 6.61 Å². The number of aliphatic hydroxyl groups is 1. The molecule has 3 heteroatoms. The first-order chi connectivity index (χ1) is 4.81. The molecule has 0 unspecified atom stereocenters. The van der Waals surface area contributed by atoms with Crippen LogP contribution in [0, 0.1) is 11.8 Å². The summed E-state index contributed by atoms with van der Waals surface area (Å²) >= 11 is 0. The number of allylic oxidation sites excluding steroid dienone is 1. The van der Waals surface area contributed by atoms with Crippen LogP contribution in [0.2, 0.25) is 0 Å². The third kappa shape index (κ3) is 4.88. The van der Waals surface area contributed by atoms with Crippen LogP contribution in [-0.4, -0.2) is 24.8 Å². The average molecular weight is 140 g/mol. The zero-order valence-corrected chi connectivity index (χ0v) is 5.63. The van der Waals surface area contributed by atoms with Crippen molar-refractivity contribution in [2.24, 2.45) is 0 Å². The van der Waals surface area contributed by atoms with Crippen molar-refractivity contribution in [3.63, 3.8) is 0 Å². The molecule has 0 aliphatic carbocycles. The van der Waals surface area contributed by atoms with Crippen molar-refractivity contribution in [1.82, 2.24) is 0 Å². The van der Waals surface area contributed by atoms with Gasteiger partial charge in [0.25, 0.3) is 0 Å². The second kappa shape index (κ2) is 5.86. The number of aliphatic hydroxyl groups excluding tert-OH is 1. The first kappa shape index (κ1) is 8.73. The van der Waals surface area contributed by atoms with Crippen LogP contribution < -0.4 is 0 Å². The molecule has 0 rings (SSSR count). The van der Waals surface area contributed by atoms with Gasteiger partial charge in [0, 0.05) is 6.08 Å². The number of carbonyl (C=O) groups excluding carboxylic acids is 1. The Morgan fingerprint density at radius 2 is 2.50 bits per heavy atom. The van der Waals surface area contributed by atoms with E-state index in [1.165, 1.54) is 19.3 Å². The number of hydrogen-bond donors (Lipinski definition) is 1. The second-order valence-electron chi connectivity index (χ2n) is 1.34. The van der Waals surface area contributed by atoms with Crippen molar-refractivity contribution in [2.75, 3.05) is 13.7 Å². The Bertz CT molecular complexity index is 183. The molecule has 0 spiro atoms. The highest BCUT2D eigenvalue weighted by molar-refractivity contribution is 5.82. The molecule has 0 fully saturated rings. The van der Waals surface area contributed by atoms with Crippen LogP contribution in [0.4, 0.5) is 0 Å². The highest BCUT2D eigenvalue weighted by Gasteiger charge is 1.85. The molecule has 0 aromatic rings. The summed E-state index contributed by atoms with van der Waals surface area (Å²) in [6, 6.07) is 0. The van der Waals surface area contributed by atoms with E-state index in [4.69, 9.17) is 5.11 Å². The van der Waals surface area contributed by atoms with E-state index in [1.807, 2.05) is 0 Å². The minimum Gasteiger partial charge on any atom is -0.466 e. The van der Waals surface area contributed by atoms with E-state index in [2.05, 4.69) is 16.6 Å². The first-order valence-electron chi connectivity index (χ1n) is 2.65. The number of esters is 1. The molecule has 1 N–H and O–H groups in total. The van der Waals surface area contributed by atoms with Gasteiger partial charge in [0.2, 0.25) is 0 Å². The van der Waals surface area contributed by atoms with Gasteiger partial charge in [0.05, 0.1) is 7.11 Å². The largest absolute Gasteiger partial charge is 0.466 e. The van der Waals surface area contributed by atoms with E-state index < -0.39 is 5.97 Å². The fourth-order valence-electron chi connectivity index (χ4n) is 0.282. The number of carbonyl (C=O) groups is 1. The van der Waals surface area contributed by atoms with E-state index >= 15 is 0 Å². The maximum Gasteiger partial charge on any atom is 0.331 e. The molecule has 0 saturated heterocycles. The third-order valence-electron chi connectivity index (χ3n) is 0.685. The zero-order chi connectivity index (χ0) is 7.82. The van der Waals surface area contributed by atoms with Crippen LogP contribution in [0.5, 0.6) is 0 Å².